The van der Waals surface area contributed by atoms with Gasteiger partial charge in [0.1, 0.15) is 6.04 Å². The van der Waals surface area contributed by atoms with Crippen LogP contribution in [0.1, 0.15) is 64.2 Å². The first kappa shape index (κ1) is 23.5. The zero-order valence-electron chi connectivity index (χ0n) is 19.8. The SMILES string of the molecule is COC(=O)C1CCN(C(=O)CCC2CNC(=O)C3C(CCN3C3CCCCC3)N2C)CC1. The fourth-order valence-corrected chi connectivity index (χ4v) is 6.40. The van der Waals surface area contributed by atoms with Gasteiger partial charge in [0.2, 0.25) is 11.8 Å². The number of carbonyl (C=O) groups is 3. The number of ether oxygens (including phenoxy) is 1. The fraction of sp³-hybridized carbons (Fsp3) is 0.875. The van der Waals surface area contributed by atoms with Gasteiger partial charge in [0.05, 0.1) is 13.0 Å². The average molecular weight is 449 g/mol. The van der Waals surface area contributed by atoms with Crippen LogP contribution in [0.2, 0.25) is 0 Å². The van der Waals surface area contributed by atoms with E-state index < -0.39 is 0 Å². The number of carbonyl (C=O) groups excluding carboxylic acids is 3. The summed E-state index contributed by atoms with van der Waals surface area (Å²) in [5, 5.41) is 3.19. The summed E-state index contributed by atoms with van der Waals surface area (Å²) in [5.74, 6) is 0.0766. The maximum Gasteiger partial charge on any atom is 0.308 e. The minimum absolute atomic E-state index is 0.0545. The molecule has 8 heteroatoms. The number of likely N-dealkylation sites (tertiary alicyclic amines) is 2. The molecule has 0 aromatic carbocycles. The molecule has 3 aliphatic heterocycles. The standard InChI is InChI=1S/C24H40N4O4/c1-26-19(8-9-21(29)27-13-10-17(11-14-27)24(31)32-2)16-25-23(30)22-20(26)12-15-28(22)18-6-4-3-5-7-18/h17-20,22H,3-16H2,1-2H3,(H,25,30). The molecule has 3 saturated heterocycles. The predicted octanol–water partition coefficient (Wildman–Crippen LogP) is 1.38. The molecule has 8 nitrogen and oxygen atoms in total. The number of nitrogens with one attached hydrogen (secondary N) is 1. The van der Waals surface area contributed by atoms with Gasteiger partial charge in [-0.25, -0.2) is 0 Å². The zero-order valence-corrected chi connectivity index (χ0v) is 19.8. The maximum absolute atomic E-state index is 13.0. The van der Waals surface area contributed by atoms with Crippen molar-refractivity contribution in [3.63, 3.8) is 0 Å². The Morgan fingerprint density at radius 1 is 1.03 bits per heavy atom. The lowest BCUT2D eigenvalue weighted by molar-refractivity contribution is -0.149. The number of hydrogen-bond donors (Lipinski definition) is 1. The van der Waals surface area contributed by atoms with Crippen molar-refractivity contribution in [3.05, 3.63) is 0 Å². The van der Waals surface area contributed by atoms with Crippen molar-refractivity contribution in [2.45, 2.75) is 88.4 Å². The van der Waals surface area contributed by atoms with E-state index in [1.807, 2.05) is 4.90 Å². The van der Waals surface area contributed by atoms with Crippen LogP contribution in [-0.2, 0) is 19.1 Å². The van der Waals surface area contributed by atoms with Crippen LogP contribution in [0.5, 0.6) is 0 Å². The summed E-state index contributed by atoms with van der Waals surface area (Å²) in [6.45, 7) is 2.85. The number of esters is 1. The van der Waals surface area contributed by atoms with E-state index in [2.05, 4.69) is 22.2 Å². The largest absolute Gasteiger partial charge is 0.469 e. The minimum atomic E-state index is -0.165. The lowest BCUT2D eigenvalue weighted by Gasteiger charge is -2.37. The molecule has 4 rings (SSSR count). The summed E-state index contributed by atoms with van der Waals surface area (Å²) >= 11 is 0. The molecule has 3 atom stereocenters. The summed E-state index contributed by atoms with van der Waals surface area (Å²) in [4.78, 5) is 44.3. The summed E-state index contributed by atoms with van der Waals surface area (Å²) in [6.07, 6.45) is 9.91. The number of likely N-dealkylation sites (N-methyl/N-ethyl adjacent to an activating group) is 1. The Kier molecular flexibility index (Phi) is 7.71. The zero-order chi connectivity index (χ0) is 22.7. The van der Waals surface area contributed by atoms with Crippen LogP contribution in [0.3, 0.4) is 0 Å². The van der Waals surface area contributed by atoms with E-state index >= 15 is 0 Å². The maximum atomic E-state index is 13.0. The summed E-state index contributed by atoms with van der Waals surface area (Å²) < 4.78 is 4.84. The first-order valence-electron chi connectivity index (χ1n) is 12.6. The molecule has 180 valence electrons. The highest BCUT2D eigenvalue weighted by atomic mass is 16.5. The molecule has 2 amide bonds. The lowest BCUT2D eigenvalue weighted by atomic mass is 9.93. The molecule has 1 N–H and O–H groups in total. The molecule has 4 fully saturated rings. The van der Waals surface area contributed by atoms with Crippen molar-refractivity contribution in [2.75, 3.05) is 40.3 Å². The highest BCUT2D eigenvalue weighted by molar-refractivity contribution is 5.83. The molecule has 3 unspecified atom stereocenters. The minimum Gasteiger partial charge on any atom is -0.469 e. The lowest BCUT2D eigenvalue weighted by Crippen LogP contribution is -2.53. The van der Waals surface area contributed by atoms with Gasteiger partial charge in [0.25, 0.3) is 0 Å². The highest BCUT2D eigenvalue weighted by Crippen LogP contribution is 2.33. The first-order chi connectivity index (χ1) is 15.5. The topological polar surface area (TPSA) is 82.2 Å². The third-order valence-electron chi connectivity index (χ3n) is 8.40. The number of rotatable bonds is 5. The molecule has 0 bridgehead atoms. The van der Waals surface area contributed by atoms with E-state index in [1.165, 1.54) is 39.2 Å². The quantitative estimate of drug-likeness (QED) is 0.640. The van der Waals surface area contributed by atoms with Crippen LogP contribution < -0.4 is 5.32 Å². The van der Waals surface area contributed by atoms with Gasteiger partial charge in [0, 0.05) is 50.7 Å². The van der Waals surface area contributed by atoms with E-state index in [4.69, 9.17) is 4.74 Å². The number of nitrogens with zero attached hydrogens (tertiary/aromatic N) is 3. The van der Waals surface area contributed by atoms with Crippen molar-refractivity contribution in [1.82, 2.24) is 20.0 Å². The van der Waals surface area contributed by atoms with Crippen LogP contribution in [0.25, 0.3) is 0 Å². The molecular weight excluding hydrogens is 408 g/mol. The van der Waals surface area contributed by atoms with Crippen LogP contribution in [0, 0.1) is 5.92 Å². The van der Waals surface area contributed by atoms with E-state index in [9.17, 15) is 14.4 Å². The van der Waals surface area contributed by atoms with E-state index in [1.54, 1.807) is 0 Å². The van der Waals surface area contributed by atoms with Gasteiger partial charge in [-0.15, -0.1) is 0 Å². The van der Waals surface area contributed by atoms with Crippen LogP contribution in [0.4, 0.5) is 0 Å². The second-order valence-corrected chi connectivity index (χ2v) is 10.1. The average Bonchev–Trinajstić information content (AvgIpc) is 3.24. The molecule has 1 aliphatic carbocycles. The van der Waals surface area contributed by atoms with Gasteiger partial charge in [-0.05, 0) is 45.6 Å². The van der Waals surface area contributed by atoms with Gasteiger partial charge in [0.15, 0.2) is 0 Å². The molecular formula is C24H40N4O4. The Hall–Kier alpha value is -1.67. The summed E-state index contributed by atoms with van der Waals surface area (Å²) in [6, 6.07) is 0.900. The smallest absolute Gasteiger partial charge is 0.308 e. The van der Waals surface area contributed by atoms with Crippen molar-refractivity contribution >= 4 is 17.8 Å². The monoisotopic (exact) mass is 448 g/mol. The second-order valence-electron chi connectivity index (χ2n) is 10.1. The Morgan fingerprint density at radius 2 is 1.75 bits per heavy atom. The van der Waals surface area contributed by atoms with Gasteiger partial charge < -0.3 is 15.0 Å². The summed E-state index contributed by atoms with van der Waals surface area (Å²) in [7, 11) is 3.56. The highest BCUT2D eigenvalue weighted by Gasteiger charge is 2.47. The number of methoxy groups -OCH3 is 1. The van der Waals surface area contributed by atoms with E-state index in [-0.39, 0.29) is 41.8 Å². The van der Waals surface area contributed by atoms with Gasteiger partial charge in [-0.1, -0.05) is 19.3 Å². The Morgan fingerprint density at radius 3 is 2.44 bits per heavy atom. The van der Waals surface area contributed by atoms with Crippen LogP contribution >= 0.6 is 0 Å². The second kappa shape index (κ2) is 10.5. The number of hydrogen-bond acceptors (Lipinski definition) is 6. The van der Waals surface area contributed by atoms with Gasteiger partial charge in [-0.3, -0.25) is 24.2 Å². The predicted molar refractivity (Wildman–Crippen MR) is 121 cm³/mol. The van der Waals surface area contributed by atoms with Gasteiger partial charge in [-0.2, -0.15) is 0 Å². The van der Waals surface area contributed by atoms with Crippen molar-refractivity contribution in [3.8, 4) is 0 Å². The van der Waals surface area contributed by atoms with Crippen LogP contribution in [0.15, 0.2) is 0 Å². The molecule has 1 saturated carbocycles. The Balaban J connectivity index is 1.30. The van der Waals surface area contributed by atoms with Crippen molar-refractivity contribution in [2.24, 2.45) is 5.92 Å². The van der Waals surface area contributed by atoms with E-state index in [0.29, 0.717) is 44.9 Å². The van der Waals surface area contributed by atoms with Crippen molar-refractivity contribution < 1.29 is 19.1 Å². The fourth-order valence-electron chi connectivity index (χ4n) is 6.40. The molecule has 0 aromatic heterocycles. The molecule has 0 radical (unpaired) electrons. The third-order valence-corrected chi connectivity index (χ3v) is 8.40. The molecule has 3 heterocycles. The van der Waals surface area contributed by atoms with E-state index in [0.717, 1.165) is 19.4 Å². The molecule has 32 heavy (non-hydrogen) atoms. The Bertz CT molecular complexity index is 687. The molecule has 0 spiro atoms. The number of amides is 2. The van der Waals surface area contributed by atoms with Crippen molar-refractivity contribution in [1.29, 1.82) is 0 Å². The van der Waals surface area contributed by atoms with Gasteiger partial charge >= 0.3 is 5.97 Å². The summed E-state index contributed by atoms with van der Waals surface area (Å²) in [5.41, 5.74) is 0. The normalized spacial score (nSPS) is 31.1. The van der Waals surface area contributed by atoms with Crippen LogP contribution in [-0.4, -0.2) is 97.0 Å². The number of piperidine rings is 1. The third kappa shape index (κ3) is 4.96. The molecule has 4 aliphatic rings. The molecule has 0 aromatic rings. The number of fused-ring (bicyclic) bond motifs is 1. The Labute approximate surface area is 192 Å². The first-order valence-corrected chi connectivity index (χ1v) is 12.6.